The van der Waals surface area contributed by atoms with Crippen molar-refractivity contribution in [1.82, 2.24) is 9.78 Å². The Morgan fingerprint density at radius 1 is 0.649 bits per heavy atom. The maximum Gasteiger partial charge on any atom is 0.0933 e. The first-order chi connectivity index (χ1) is 18.0. The van der Waals surface area contributed by atoms with Crippen LogP contribution in [0.1, 0.15) is 48.7 Å². The molecule has 0 aliphatic heterocycles. The van der Waals surface area contributed by atoms with Crippen molar-refractivity contribution in [3.05, 3.63) is 143 Å². The molecule has 37 heavy (non-hydrogen) atoms. The minimum atomic E-state index is 0.145. The van der Waals surface area contributed by atoms with Crippen LogP contribution in [0, 0.1) is 11.8 Å². The van der Waals surface area contributed by atoms with Crippen molar-refractivity contribution in [2.75, 3.05) is 0 Å². The minimum absolute atomic E-state index is 0.145. The van der Waals surface area contributed by atoms with Gasteiger partial charge < -0.3 is 0 Å². The average molecular weight is 479 g/mol. The van der Waals surface area contributed by atoms with Gasteiger partial charge in [0.1, 0.15) is 0 Å². The second-order valence-corrected chi connectivity index (χ2v) is 10.1. The summed E-state index contributed by atoms with van der Waals surface area (Å²) in [6, 6.07) is 39.5. The fourth-order valence-corrected chi connectivity index (χ4v) is 4.10. The van der Waals surface area contributed by atoms with Crippen LogP contribution in [-0.2, 0) is 5.41 Å². The van der Waals surface area contributed by atoms with E-state index < -0.39 is 0 Å². The Balaban J connectivity index is 1.44. The normalized spacial score (nSPS) is 11.3. The first kappa shape index (κ1) is 24.1. The van der Waals surface area contributed by atoms with Crippen molar-refractivity contribution in [2.24, 2.45) is 0 Å². The van der Waals surface area contributed by atoms with Gasteiger partial charge in [-0.2, -0.15) is 5.10 Å². The van der Waals surface area contributed by atoms with E-state index in [4.69, 9.17) is 5.10 Å². The van der Waals surface area contributed by atoms with Gasteiger partial charge in [0.2, 0.25) is 0 Å². The predicted molar refractivity (Wildman–Crippen MR) is 155 cm³/mol. The van der Waals surface area contributed by atoms with Crippen LogP contribution in [-0.4, -0.2) is 9.78 Å². The molecule has 0 fully saturated rings. The molecular weight excluding hydrogens is 448 g/mol. The Morgan fingerprint density at radius 2 is 1.24 bits per heavy atom. The summed E-state index contributed by atoms with van der Waals surface area (Å²) in [4.78, 5) is 0. The van der Waals surface area contributed by atoms with Gasteiger partial charge in [0.15, 0.2) is 0 Å². The van der Waals surface area contributed by atoms with Gasteiger partial charge in [-0.25, -0.2) is 4.68 Å². The number of para-hydroxylation sites is 1. The average Bonchev–Trinajstić information content (AvgIpc) is 3.36. The number of rotatable bonds is 4. The Hall–Kier alpha value is -4.61. The molecule has 0 spiro atoms. The molecule has 4 aromatic carbocycles. The smallest absolute Gasteiger partial charge is 0.0933 e. The summed E-state index contributed by atoms with van der Waals surface area (Å²) in [5.74, 6) is 6.47. The Kier molecular flexibility index (Phi) is 6.88. The van der Waals surface area contributed by atoms with Crippen LogP contribution in [0.2, 0.25) is 0 Å². The van der Waals surface area contributed by atoms with Crippen LogP contribution in [0.15, 0.2) is 115 Å². The Morgan fingerprint density at radius 3 is 1.86 bits per heavy atom. The second kappa shape index (κ2) is 10.6. The second-order valence-electron chi connectivity index (χ2n) is 10.1. The summed E-state index contributed by atoms with van der Waals surface area (Å²) in [5.41, 5.74) is 8.67. The van der Waals surface area contributed by atoms with Crippen molar-refractivity contribution in [1.29, 1.82) is 0 Å². The van der Waals surface area contributed by atoms with Crippen LogP contribution in [0.3, 0.4) is 0 Å². The van der Waals surface area contributed by atoms with E-state index in [1.54, 1.807) is 0 Å². The van der Waals surface area contributed by atoms with Crippen LogP contribution in [0.25, 0.3) is 29.1 Å². The Labute approximate surface area is 219 Å². The molecule has 0 aliphatic rings. The van der Waals surface area contributed by atoms with Gasteiger partial charge in [-0.05, 0) is 65.1 Å². The summed E-state index contributed by atoms with van der Waals surface area (Å²) in [5, 5.41) is 4.96. The lowest BCUT2D eigenvalue weighted by molar-refractivity contribution is 0.590. The molecule has 0 saturated carbocycles. The zero-order chi connectivity index (χ0) is 25.7. The third kappa shape index (κ3) is 5.97. The molecule has 0 N–H and O–H groups in total. The third-order valence-electron chi connectivity index (χ3n) is 6.27. The quantitative estimate of drug-likeness (QED) is 0.237. The standard InChI is InChI=1S/C35H30N2/c1-35(2,3)31-23-18-29(19-24-31)20-25-33-26-34(36-37(33)32-12-8-5-9-13-32)30-21-16-28(17-22-30)15-14-27-10-6-4-7-11-27/h4-13,16-26H,1-3H3. The summed E-state index contributed by atoms with van der Waals surface area (Å²) < 4.78 is 2.00. The molecule has 0 amide bonds. The number of benzene rings is 4. The lowest BCUT2D eigenvalue weighted by Crippen LogP contribution is -2.10. The highest BCUT2D eigenvalue weighted by Crippen LogP contribution is 2.25. The van der Waals surface area contributed by atoms with Crippen molar-refractivity contribution in [2.45, 2.75) is 26.2 Å². The molecule has 1 heterocycles. The van der Waals surface area contributed by atoms with Gasteiger partial charge in [-0.3, -0.25) is 0 Å². The lowest BCUT2D eigenvalue weighted by Gasteiger charge is -2.18. The largest absolute Gasteiger partial charge is 0.233 e. The third-order valence-corrected chi connectivity index (χ3v) is 6.27. The molecule has 2 heteroatoms. The van der Waals surface area contributed by atoms with E-state index in [0.717, 1.165) is 39.3 Å². The molecule has 0 bridgehead atoms. The zero-order valence-corrected chi connectivity index (χ0v) is 21.5. The molecule has 0 unspecified atom stereocenters. The lowest BCUT2D eigenvalue weighted by atomic mass is 9.87. The summed E-state index contributed by atoms with van der Waals surface area (Å²) in [6.07, 6.45) is 4.28. The van der Waals surface area contributed by atoms with Gasteiger partial charge in [-0.1, -0.05) is 111 Å². The molecule has 0 saturated heterocycles. The van der Waals surface area contributed by atoms with Gasteiger partial charge in [0, 0.05) is 16.7 Å². The maximum absolute atomic E-state index is 4.96. The maximum atomic E-state index is 4.96. The van der Waals surface area contributed by atoms with E-state index >= 15 is 0 Å². The molecule has 2 nitrogen and oxygen atoms in total. The molecular formula is C35H30N2. The number of nitrogens with zero attached hydrogens (tertiary/aromatic N) is 2. The van der Waals surface area contributed by atoms with Gasteiger partial charge in [0.25, 0.3) is 0 Å². The Bertz CT molecular complexity index is 1550. The number of hydrogen-bond donors (Lipinski definition) is 0. The fraction of sp³-hybridized carbons (Fsp3) is 0.114. The predicted octanol–water partition coefficient (Wildman–Crippen LogP) is 8.41. The minimum Gasteiger partial charge on any atom is -0.233 e. The molecule has 5 rings (SSSR count). The zero-order valence-electron chi connectivity index (χ0n) is 21.5. The molecule has 0 atom stereocenters. The van der Waals surface area contributed by atoms with E-state index in [2.05, 4.69) is 111 Å². The molecule has 1 aromatic heterocycles. The highest BCUT2D eigenvalue weighted by molar-refractivity contribution is 5.72. The monoisotopic (exact) mass is 478 g/mol. The van der Waals surface area contributed by atoms with Crippen LogP contribution < -0.4 is 0 Å². The van der Waals surface area contributed by atoms with Crippen molar-refractivity contribution in [3.8, 4) is 28.8 Å². The summed E-state index contributed by atoms with van der Waals surface area (Å²) >= 11 is 0. The molecule has 5 aromatic rings. The van der Waals surface area contributed by atoms with E-state index in [9.17, 15) is 0 Å². The van der Waals surface area contributed by atoms with E-state index in [0.29, 0.717) is 0 Å². The first-order valence-electron chi connectivity index (χ1n) is 12.6. The SMILES string of the molecule is CC(C)(C)c1ccc(C=Cc2cc(-c3ccc(C#Cc4ccccc4)cc3)nn2-c2ccccc2)cc1. The first-order valence-corrected chi connectivity index (χ1v) is 12.6. The highest BCUT2D eigenvalue weighted by atomic mass is 15.3. The molecule has 0 aliphatic carbocycles. The van der Waals surface area contributed by atoms with Crippen molar-refractivity contribution >= 4 is 12.2 Å². The fourth-order valence-electron chi connectivity index (χ4n) is 4.10. The summed E-state index contributed by atoms with van der Waals surface area (Å²) in [7, 11) is 0. The van der Waals surface area contributed by atoms with Crippen molar-refractivity contribution in [3.63, 3.8) is 0 Å². The van der Waals surface area contributed by atoms with E-state index in [1.807, 2.05) is 53.2 Å². The highest BCUT2D eigenvalue weighted by Gasteiger charge is 2.13. The van der Waals surface area contributed by atoms with E-state index in [1.165, 1.54) is 5.56 Å². The summed E-state index contributed by atoms with van der Waals surface area (Å²) in [6.45, 7) is 6.71. The van der Waals surface area contributed by atoms with Crippen LogP contribution in [0.4, 0.5) is 0 Å². The van der Waals surface area contributed by atoms with Crippen LogP contribution >= 0.6 is 0 Å². The number of aromatic nitrogens is 2. The van der Waals surface area contributed by atoms with Gasteiger partial charge in [0.05, 0.1) is 17.1 Å². The van der Waals surface area contributed by atoms with E-state index in [-0.39, 0.29) is 5.41 Å². The topological polar surface area (TPSA) is 17.8 Å². The number of hydrogen-bond acceptors (Lipinski definition) is 1. The molecule has 180 valence electrons. The van der Waals surface area contributed by atoms with Gasteiger partial charge in [-0.15, -0.1) is 0 Å². The molecule has 0 radical (unpaired) electrons. The van der Waals surface area contributed by atoms with Gasteiger partial charge >= 0.3 is 0 Å². The van der Waals surface area contributed by atoms with Crippen molar-refractivity contribution < 1.29 is 0 Å². The van der Waals surface area contributed by atoms with Crippen LogP contribution in [0.5, 0.6) is 0 Å².